The maximum atomic E-state index is 13.5. The maximum absolute atomic E-state index is 13.5. The van der Waals surface area contributed by atoms with E-state index in [1.165, 1.54) is 0 Å². The molecule has 1 N–H and O–H groups in total. The van der Waals surface area contributed by atoms with Crippen LogP contribution in [0.4, 0.5) is 14.6 Å². The zero-order valence-electron chi connectivity index (χ0n) is 9.79. The molecule has 0 saturated heterocycles. The first-order valence-corrected chi connectivity index (χ1v) is 5.75. The van der Waals surface area contributed by atoms with Crippen LogP contribution in [0.3, 0.4) is 0 Å². The summed E-state index contributed by atoms with van der Waals surface area (Å²) in [5.41, 5.74) is -0.767. The Balaban J connectivity index is 2.11. The van der Waals surface area contributed by atoms with Gasteiger partial charge in [-0.3, -0.25) is 0 Å². The van der Waals surface area contributed by atoms with Crippen LogP contribution in [0, 0.1) is 11.6 Å². The van der Waals surface area contributed by atoms with E-state index in [4.69, 9.17) is 0 Å². The van der Waals surface area contributed by atoms with Crippen molar-refractivity contribution >= 4 is 5.82 Å². The zero-order valence-corrected chi connectivity index (χ0v) is 9.79. The highest BCUT2D eigenvalue weighted by molar-refractivity contribution is 5.39. The molecular formula is C12H16F2N2O. The molecule has 2 rings (SSSR count). The van der Waals surface area contributed by atoms with Crippen molar-refractivity contribution in [2.75, 3.05) is 18.5 Å². The van der Waals surface area contributed by atoms with Crippen LogP contribution in [-0.2, 0) is 0 Å². The molecule has 0 unspecified atom stereocenters. The molecule has 17 heavy (non-hydrogen) atoms. The van der Waals surface area contributed by atoms with E-state index in [0.717, 1.165) is 37.9 Å². The Kier molecular flexibility index (Phi) is 3.28. The summed E-state index contributed by atoms with van der Waals surface area (Å²) in [5.74, 6) is -1.32. The van der Waals surface area contributed by atoms with E-state index >= 15 is 0 Å². The molecule has 1 aliphatic carbocycles. The molecule has 0 aliphatic heterocycles. The SMILES string of the molecule is CN(CC1(O)CCCC1)c1ncc(F)cc1F. The Hall–Kier alpha value is -1.23. The number of aromatic nitrogens is 1. The second kappa shape index (κ2) is 4.56. The number of rotatable bonds is 3. The van der Waals surface area contributed by atoms with Crippen molar-refractivity contribution in [3.63, 3.8) is 0 Å². The van der Waals surface area contributed by atoms with Gasteiger partial charge in [0.2, 0.25) is 0 Å². The average Bonchev–Trinajstić information content (AvgIpc) is 2.64. The molecule has 1 aromatic heterocycles. The van der Waals surface area contributed by atoms with Crippen LogP contribution in [0.5, 0.6) is 0 Å². The van der Waals surface area contributed by atoms with Gasteiger partial charge in [0, 0.05) is 19.7 Å². The van der Waals surface area contributed by atoms with Gasteiger partial charge in [0.15, 0.2) is 11.6 Å². The van der Waals surface area contributed by atoms with Crippen molar-refractivity contribution in [1.82, 2.24) is 4.98 Å². The first-order valence-electron chi connectivity index (χ1n) is 5.75. The maximum Gasteiger partial charge on any atom is 0.168 e. The third kappa shape index (κ3) is 2.72. The standard InChI is InChI=1S/C12H16F2N2O/c1-16(8-12(17)4-2-3-5-12)11-10(14)6-9(13)7-15-11/h6-7,17H,2-5,8H2,1H3. The summed E-state index contributed by atoms with van der Waals surface area (Å²) < 4.78 is 26.2. The van der Waals surface area contributed by atoms with E-state index < -0.39 is 17.2 Å². The molecule has 0 radical (unpaired) electrons. The predicted molar refractivity (Wildman–Crippen MR) is 60.8 cm³/mol. The quantitative estimate of drug-likeness (QED) is 0.881. The fraction of sp³-hybridized carbons (Fsp3) is 0.583. The average molecular weight is 242 g/mol. The second-order valence-electron chi connectivity index (χ2n) is 4.75. The summed E-state index contributed by atoms with van der Waals surface area (Å²) in [7, 11) is 1.65. The molecule has 5 heteroatoms. The monoisotopic (exact) mass is 242 g/mol. The number of nitrogens with zero attached hydrogens (tertiary/aromatic N) is 2. The van der Waals surface area contributed by atoms with E-state index in [1.807, 2.05) is 0 Å². The van der Waals surface area contributed by atoms with Crippen molar-refractivity contribution in [1.29, 1.82) is 0 Å². The lowest BCUT2D eigenvalue weighted by molar-refractivity contribution is 0.0557. The molecule has 1 aliphatic rings. The minimum Gasteiger partial charge on any atom is -0.388 e. The van der Waals surface area contributed by atoms with Gasteiger partial charge in [-0.25, -0.2) is 13.8 Å². The first kappa shape index (κ1) is 12.2. The van der Waals surface area contributed by atoms with Crippen molar-refractivity contribution in [3.8, 4) is 0 Å². The summed E-state index contributed by atoms with van der Waals surface area (Å²) in [5, 5.41) is 10.2. The highest BCUT2D eigenvalue weighted by Crippen LogP contribution is 2.31. The van der Waals surface area contributed by atoms with E-state index in [-0.39, 0.29) is 5.82 Å². The zero-order chi connectivity index (χ0) is 12.5. The summed E-state index contributed by atoms with van der Waals surface area (Å²) in [6, 6.07) is 0.803. The van der Waals surface area contributed by atoms with Gasteiger partial charge in [-0.1, -0.05) is 12.8 Å². The fourth-order valence-corrected chi connectivity index (χ4v) is 2.40. The van der Waals surface area contributed by atoms with Gasteiger partial charge in [0.1, 0.15) is 5.82 Å². The molecule has 0 aromatic carbocycles. The molecular weight excluding hydrogens is 226 g/mol. The normalized spacial score (nSPS) is 18.4. The van der Waals surface area contributed by atoms with Crippen LogP contribution >= 0.6 is 0 Å². The summed E-state index contributed by atoms with van der Waals surface area (Å²) >= 11 is 0. The number of halogens is 2. The van der Waals surface area contributed by atoms with Crippen LogP contribution in [0.25, 0.3) is 0 Å². The molecule has 94 valence electrons. The Labute approximate surface area is 99.1 Å². The number of anilines is 1. The third-order valence-corrected chi connectivity index (χ3v) is 3.22. The molecule has 0 atom stereocenters. The Morgan fingerprint density at radius 2 is 2.06 bits per heavy atom. The fourth-order valence-electron chi connectivity index (χ4n) is 2.40. The van der Waals surface area contributed by atoms with Gasteiger partial charge in [0.05, 0.1) is 11.8 Å². The lowest BCUT2D eigenvalue weighted by atomic mass is 10.0. The highest BCUT2D eigenvalue weighted by atomic mass is 19.1. The summed E-state index contributed by atoms with van der Waals surface area (Å²) in [6.45, 7) is 0.322. The Morgan fingerprint density at radius 3 is 2.65 bits per heavy atom. The van der Waals surface area contributed by atoms with Crippen molar-refractivity contribution in [3.05, 3.63) is 23.9 Å². The van der Waals surface area contributed by atoms with Gasteiger partial charge < -0.3 is 10.0 Å². The lowest BCUT2D eigenvalue weighted by Crippen LogP contribution is -2.39. The molecule has 0 amide bonds. The molecule has 1 aromatic rings. The molecule has 1 fully saturated rings. The van der Waals surface area contributed by atoms with E-state index in [1.54, 1.807) is 11.9 Å². The van der Waals surface area contributed by atoms with Crippen LogP contribution in [0.1, 0.15) is 25.7 Å². The number of likely N-dealkylation sites (N-methyl/N-ethyl adjacent to an activating group) is 1. The van der Waals surface area contributed by atoms with E-state index in [9.17, 15) is 13.9 Å². The third-order valence-electron chi connectivity index (χ3n) is 3.22. The molecule has 1 heterocycles. The first-order chi connectivity index (χ1) is 8.00. The van der Waals surface area contributed by atoms with E-state index in [0.29, 0.717) is 6.54 Å². The lowest BCUT2D eigenvalue weighted by Gasteiger charge is -2.29. The largest absolute Gasteiger partial charge is 0.388 e. The van der Waals surface area contributed by atoms with Gasteiger partial charge in [-0.05, 0) is 12.8 Å². The van der Waals surface area contributed by atoms with Crippen LogP contribution in [0.2, 0.25) is 0 Å². The number of pyridine rings is 1. The summed E-state index contributed by atoms with van der Waals surface area (Å²) in [6.07, 6.45) is 4.40. The van der Waals surface area contributed by atoms with Gasteiger partial charge >= 0.3 is 0 Å². The molecule has 0 bridgehead atoms. The smallest absolute Gasteiger partial charge is 0.168 e. The Morgan fingerprint density at radius 1 is 1.41 bits per heavy atom. The van der Waals surface area contributed by atoms with Crippen molar-refractivity contribution in [2.24, 2.45) is 0 Å². The van der Waals surface area contributed by atoms with Gasteiger partial charge in [0.25, 0.3) is 0 Å². The molecule has 3 nitrogen and oxygen atoms in total. The topological polar surface area (TPSA) is 36.4 Å². The van der Waals surface area contributed by atoms with Crippen molar-refractivity contribution < 1.29 is 13.9 Å². The van der Waals surface area contributed by atoms with Gasteiger partial charge in [-0.2, -0.15) is 0 Å². The summed E-state index contributed by atoms with van der Waals surface area (Å²) in [4.78, 5) is 5.26. The van der Waals surface area contributed by atoms with Crippen LogP contribution in [0.15, 0.2) is 12.3 Å². The second-order valence-corrected chi connectivity index (χ2v) is 4.75. The van der Waals surface area contributed by atoms with Crippen molar-refractivity contribution in [2.45, 2.75) is 31.3 Å². The van der Waals surface area contributed by atoms with Crippen LogP contribution < -0.4 is 4.90 Å². The Bertz CT molecular complexity index is 405. The number of hydrogen-bond acceptors (Lipinski definition) is 3. The molecule has 1 saturated carbocycles. The number of hydrogen-bond donors (Lipinski definition) is 1. The van der Waals surface area contributed by atoms with Gasteiger partial charge in [-0.15, -0.1) is 0 Å². The minimum atomic E-state index is -0.767. The predicted octanol–water partition coefficient (Wildman–Crippen LogP) is 2.10. The van der Waals surface area contributed by atoms with Crippen LogP contribution in [-0.4, -0.2) is 29.3 Å². The minimum absolute atomic E-state index is 0.0757. The number of aliphatic hydroxyl groups is 1. The molecule has 0 spiro atoms. The van der Waals surface area contributed by atoms with E-state index in [2.05, 4.69) is 4.98 Å². The highest BCUT2D eigenvalue weighted by Gasteiger charge is 2.33.